The van der Waals surface area contributed by atoms with Crippen LogP contribution in [-0.4, -0.2) is 66.2 Å². The predicted molar refractivity (Wildman–Crippen MR) is 97.0 cm³/mol. The molecule has 1 aromatic carbocycles. The van der Waals surface area contributed by atoms with Crippen molar-refractivity contribution >= 4 is 5.91 Å². The number of amides is 1. The van der Waals surface area contributed by atoms with Gasteiger partial charge in [-0.1, -0.05) is 12.1 Å². The van der Waals surface area contributed by atoms with E-state index in [4.69, 9.17) is 4.74 Å². The Morgan fingerprint density at radius 1 is 1.36 bits per heavy atom. The molecule has 25 heavy (non-hydrogen) atoms. The molecule has 1 fully saturated rings. The minimum atomic E-state index is 0.0460. The predicted octanol–water partition coefficient (Wildman–Crippen LogP) is 2.37. The number of ether oxygens (including phenoxy) is 1. The topological polar surface area (TPSA) is 61.5 Å². The van der Waals surface area contributed by atoms with Gasteiger partial charge in [-0.25, -0.2) is 0 Å². The summed E-state index contributed by atoms with van der Waals surface area (Å²) in [5.41, 5.74) is 1.75. The van der Waals surface area contributed by atoms with Crippen molar-refractivity contribution < 1.29 is 9.53 Å². The molecule has 1 saturated heterocycles. The first-order valence-electron chi connectivity index (χ1n) is 8.80. The number of para-hydroxylation sites is 1. The Hall–Kier alpha value is -2.34. The normalized spacial score (nSPS) is 17.7. The van der Waals surface area contributed by atoms with Gasteiger partial charge in [0.1, 0.15) is 12.4 Å². The summed E-state index contributed by atoms with van der Waals surface area (Å²) >= 11 is 0. The second kappa shape index (κ2) is 8.16. The Morgan fingerprint density at radius 3 is 2.96 bits per heavy atom. The van der Waals surface area contributed by atoms with Gasteiger partial charge in [-0.3, -0.25) is 9.89 Å². The summed E-state index contributed by atoms with van der Waals surface area (Å²) in [4.78, 5) is 17.0. The number of carbonyl (C=O) groups is 1. The number of aromatic amines is 1. The van der Waals surface area contributed by atoms with E-state index in [9.17, 15) is 4.79 Å². The van der Waals surface area contributed by atoms with Crippen molar-refractivity contribution in [2.24, 2.45) is 0 Å². The third kappa shape index (κ3) is 4.39. The van der Waals surface area contributed by atoms with Gasteiger partial charge in [0.15, 0.2) is 0 Å². The van der Waals surface area contributed by atoms with E-state index in [-0.39, 0.29) is 5.91 Å². The van der Waals surface area contributed by atoms with E-state index in [0.717, 1.165) is 31.6 Å². The van der Waals surface area contributed by atoms with Gasteiger partial charge in [0, 0.05) is 37.4 Å². The summed E-state index contributed by atoms with van der Waals surface area (Å²) in [5.74, 6) is 1.03. The van der Waals surface area contributed by atoms with Gasteiger partial charge in [-0.05, 0) is 45.1 Å². The fraction of sp³-hybridized carbons (Fsp3) is 0.474. The second-order valence-electron chi connectivity index (χ2n) is 6.75. The highest BCUT2D eigenvalue weighted by molar-refractivity contribution is 5.97. The number of likely N-dealkylation sites (N-methyl/N-ethyl adjacent to an activating group) is 1. The number of hydrogen-bond donors (Lipinski definition) is 1. The largest absolute Gasteiger partial charge is 0.491 e. The van der Waals surface area contributed by atoms with E-state index in [0.29, 0.717) is 30.4 Å². The molecule has 1 aromatic heterocycles. The zero-order valence-corrected chi connectivity index (χ0v) is 14.9. The summed E-state index contributed by atoms with van der Waals surface area (Å²) in [6.07, 6.45) is 3.84. The van der Waals surface area contributed by atoms with Crippen LogP contribution < -0.4 is 4.74 Å². The van der Waals surface area contributed by atoms with E-state index in [2.05, 4.69) is 15.1 Å². The van der Waals surface area contributed by atoms with Crippen LogP contribution in [-0.2, 0) is 0 Å². The molecule has 6 nitrogen and oxygen atoms in total. The quantitative estimate of drug-likeness (QED) is 0.875. The van der Waals surface area contributed by atoms with Crippen LogP contribution in [0.15, 0.2) is 36.5 Å². The van der Waals surface area contributed by atoms with Gasteiger partial charge in [-0.15, -0.1) is 0 Å². The molecule has 134 valence electrons. The lowest BCUT2D eigenvalue weighted by atomic mass is 9.94. The lowest BCUT2D eigenvalue weighted by Crippen LogP contribution is -2.39. The molecule has 6 heteroatoms. The minimum Gasteiger partial charge on any atom is -0.491 e. The van der Waals surface area contributed by atoms with Crippen molar-refractivity contribution in [1.29, 1.82) is 0 Å². The molecule has 2 aromatic rings. The van der Waals surface area contributed by atoms with Gasteiger partial charge >= 0.3 is 0 Å². The number of benzene rings is 1. The number of H-pyrrole nitrogens is 1. The third-order valence-corrected chi connectivity index (χ3v) is 4.58. The number of aromatic nitrogens is 2. The zero-order valence-electron chi connectivity index (χ0n) is 14.9. The maximum Gasteiger partial charge on any atom is 0.257 e. The fourth-order valence-corrected chi connectivity index (χ4v) is 3.19. The van der Waals surface area contributed by atoms with Gasteiger partial charge in [0.25, 0.3) is 5.91 Å². The van der Waals surface area contributed by atoms with E-state index < -0.39 is 0 Å². The Labute approximate surface area is 148 Å². The molecule has 0 radical (unpaired) electrons. The summed E-state index contributed by atoms with van der Waals surface area (Å²) in [6.45, 7) is 2.88. The molecule has 0 spiro atoms. The van der Waals surface area contributed by atoms with Crippen molar-refractivity contribution in [3.63, 3.8) is 0 Å². The number of carbonyl (C=O) groups excluding carboxylic acids is 1. The van der Waals surface area contributed by atoms with Crippen molar-refractivity contribution in [2.75, 3.05) is 40.3 Å². The number of nitrogens with one attached hydrogen (secondary N) is 1. The Balaban J connectivity index is 1.70. The Bertz CT molecular complexity index is 684. The monoisotopic (exact) mass is 342 g/mol. The highest BCUT2D eigenvalue weighted by Crippen LogP contribution is 2.28. The number of hydrogen-bond acceptors (Lipinski definition) is 4. The third-order valence-electron chi connectivity index (χ3n) is 4.58. The van der Waals surface area contributed by atoms with E-state index >= 15 is 0 Å². The van der Waals surface area contributed by atoms with E-state index in [1.54, 1.807) is 6.20 Å². The van der Waals surface area contributed by atoms with Gasteiger partial charge in [0.2, 0.25) is 0 Å². The number of nitrogens with zero attached hydrogens (tertiary/aromatic N) is 3. The van der Waals surface area contributed by atoms with Crippen LogP contribution in [0.1, 0.15) is 34.8 Å². The smallest absolute Gasteiger partial charge is 0.257 e. The summed E-state index contributed by atoms with van der Waals surface area (Å²) in [5, 5.41) is 7.07. The fourth-order valence-electron chi connectivity index (χ4n) is 3.19. The summed E-state index contributed by atoms with van der Waals surface area (Å²) < 4.78 is 5.85. The number of piperidine rings is 1. The lowest BCUT2D eigenvalue weighted by molar-refractivity contribution is 0.0701. The highest BCUT2D eigenvalue weighted by atomic mass is 16.5. The Kier molecular flexibility index (Phi) is 5.71. The van der Waals surface area contributed by atoms with Crippen LogP contribution in [0, 0.1) is 0 Å². The molecule has 1 atom stereocenters. The first kappa shape index (κ1) is 17.5. The van der Waals surface area contributed by atoms with Crippen molar-refractivity contribution in [1.82, 2.24) is 20.0 Å². The molecular formula is C19H26N4O2. The van der Waals surface area contributed by atoms with E-state index in [1.807, 2.05) is 49.3 Å². The SMILES string of the molecule is CN(C)CCOc1ccccc1C(=O)N1CCC[C@H](c2ccn[nH]2)C1. The van der Waals surface area contributed by atoms with Crippen molar-refractivity contribution in [3.05, 3.63) is 47.8 Å². The minimum absolute atomic E-state index is 0.0460. The molecule has 0 unspecified atom stereocenters. The van der Waals surface area contributed by atoms with Gasteiger partial charge in [0.05, 0.1) is 5.56 Å². The first-order valence-corrected chi connectivity index (χ1v) is 8.80. The number of rotatable bonds is 6. The molecule has 1 amide bonds. The first-order chi connectivity index (χ1) is 12.1. The van der Waals surface area contributed by atoms with Crippen molar-refractivity contribution in [3.8, 4) is 5.75 Å². The van der Waals surface area contributed by atoms with Crippen LogP contribution in [0.3, 0.4) is 0 Å². The lowest BCUT2D eigenvalue weighted by Gasteiger charge is -2.32. The maximum atomic E-state index is 13.0. The van der Waals surface area contributed by atoms with Gasteiger partial charge < -0.3 is 14.5 Å². The standard InChI is InChI=1S/C19H26N4O2/c1-22(2)12-13-25-18-8-4-3-7-16(18)19(24)23-11-5-6-15(14-23)17-9-10-20-21-17/h3-4,7-10,15H,5-6,11-14H2,1-2H3,(H,20,21)/t15-/m0/s1. The van der Waals surface area contributed by atoms with E-state index in [1.165, 1.54) is 0 Å². The maximum absolute atomic E-state index is 13.0. The average molecular weight is 342 g/mol. The average Bonchev–Trinajstić information content (AvgIpc) is 3.16. The second-order valence-corrected chi connectivity index (χ2v) is 6.75. The summed E-state index contributed by atoms with van der Waals surface area (Å²) in [7, 11) is 4.01. The molecule has 1 N–H and O–H groups in total. The van der Waals surface area contributed by atoms with Crippen LogP contribution in [0.2, 0.25) is 0 Å². The van der Waals surface area contributed by atoms with Crippen LogP contribution >= 0.6 is 0 Å². The molecule has 0 saturated carbocycles. The molecule has 0 aliphatic carbocycles. The zero-order chi connectivity index (χ0) is 17.6. The van der Waals surface area contributed by atoms with Gasteiger partial charge in [-0.2, -0.15) is 5.10 Å². The molecule has 2 heterocycles. The van der Waals surface area contributed by atoms with Crippen molar-refractivity contribution in [2.45, 2.75) is 18.8 Å². The highest BCUT2D eigenvalue weighted by Gasteiger charge is 2.27. The molecule has 3 rings (SSSR count). The number of likely N-dealkylation sites (tertiary alicyclic amines) is 1. The Morgan fingerprint density at radius 2 is 2.20 bits per heavy atom. The molecular weight excluding hydrogens is 316 g/mol. The van der Waals surface area contributed by atoms with Crippen LogP contribution in [0.25, 0.3) is 0 Å². The van der Waals surface area contributed by atoms with Crippen LogP contribution in [0.4, 0.5) is 0 Å². The molecule has 0 bridgehead atoms. The van der Waals surface area contributed by atoms with Crippen LogP contribution in [0.5, 0.6) is 5.75 Å². The summed E-state index contributed by atoms with van der Waals surface area (Å²) in [6, 6.07) is 9.52. The molecule has 1 aliphatic heterocycles. The molecule has 1 aliphatic rings.